The molecule has 39 heavy (non-hydrogen) atoms. The van der Waals surface area contributed by atoms with Crippen LogP contribution in [0.15, 0.2) is 0 Å². The SMILES string of the molecule is C[C@H](CC1CCCCC1)O[C@@H]1[C@@H](N)[C@H](O[C@@H]2CCC[C@H](C)[C@H]2O[C@@H]2O[C@@H](C)[C@@H](O)[C@@H](O)[C@@H]2O)O[C@H](CO)[C@@H]1O. The molecule has 0 aromatic carbocycles. The Morgan fingerprint density at radius 1 is 0.795 bits per heavy atom. The molecule has 228 valence electrons. The third-order valence-electron chi connectivity index (χ3n) is 9.16. The zero-order valence-electron chi connectivity index (χ0n) is 23.6. The lowest BCUT2D eigenvalue weighted by Crippen LogP contribution is -2.65. The number of rotatable bonds is 9. The lowest BCUT2D eigenvalue weighted by Gasteiger charge is -2.47. The molecule has 2 saturated heterocycles. The minimum absolute atomic E-state index is 0.0421. The van der Waals surface area contributed by atoms with E-state index < -0.39 is 80.2 Å². The lowest BCUT2D eigenvalue weighted by atomic mass is 9.85. The molecule has 2 heterocycles. The molecule has 4 fully saturated rings. The molecule has 7 N–H and O–H groups in total. The van der Waals surface area contributed by atoms with E-state index in [0.29, 0.717) is 12.3 Å². The minimum Gasteiger partial charge on any atom is -0.394 e. The molecule has 0 amide bonds. The zero-order chi connectivity index (χ0) is 28.3. The first-order valence-electron chi connectivity index (χ1n) is 15.0. The summed E-state index contributed by atoms with van der Waals surface area (Å²) in [6.07, 6.45) is -1.31. The third kappa shape index (κ3) is 7.50. The van der Waals surface area contributed by atoms with Crippen molar-refractivity contribution in [3.63, 3.8) is 0 Å². The Labute approximate surface area is 231 Å². The van der Waals surface area contributed by atoms with Crippen molar-refractivity contribution >= 4 is 0 Å². The molecule has 2 saturated carbocycles. The van der Waals surface area contributed by atoms with Crippen LogP contribution in [-0.2, 0) is 23.7 Å². The minimum atomic E-state index is -1.42. The lowest BCUT2D eigenvalue weighted by molar-refractivity contribution is -0.335. The van der Waals surface area contributed by atoms with Gasteiger partial charge in [-0.1, -0.05) is 45.4 Å². The Kier molecular flexibility index (Phi) is 11.4. The number of hydrogen-bond donors (Lipinski definition) is 6. The van der Waals surface area contributed by atoms with Crippen LogP contribution in [0.25, 0.3) is 0 Å². The Hall–Kier alpha value is -0.440. The number of hydrogen-bond acceptors (Lipinski definition) is 11. The van der Waals surface area contributed by atoms with E-state index in [1.165, 1.54) is 32.1 Å². The Balaban J connectivity index is 1.42. The summed E-state index contributed by atoms with van der Waals surface area (Å²) in [6, 6.07) is -0.803. The van der Waals surface area contributed by atoms with E-state index in [2.05, 4.69) is 0 Å². The van der Waals surface area contributed by atoms with Crippen LogP contribution in [0, 0.1) is 11.8 Å². The molecule has 2 aliphatic carbocycles. The van der Waals surface area contributed by atoms with Crippen LogP contribution in [0.4, 0.5) is 0 Å². The van der Waals surface area contributed by atoms with Crippen molar-refractivity contribution in [3.8, 4) is 0 Å². The third-order valence-corrected chi connectivity index (χ3v) is 9.16. The van der Waals surface area contributed by atoms with E-state index in [1.807, 2.05) is 13.8 Å². The Morgan fingerprint density at radius 2 is 1.51 bits per heavy atom. The quantitative estimate of drug-likeness (QED) is 0.232. The Bertz CT molecular complexity index is 741. The normalized spacial score (nSPS) is 47.2. The molecule has 2 aliphatic heterocycles. The fourth-order valence-electron chi connectivity index (χ4n) is 6.75. The summed E-state index contributed by atoms with van der Waals surface area (Å²) in [7, 11) is 0. The standard InChI is InChI=1S/C28H51NO10/c1-14-8-7-11-18(25(14)39-28-24(34)23(33)21(31)16(3)36-28)37-27-20(29)26(22(32)19(13-30)38-27)35-15(2)12-17-9-5-4-6-10-17/h14-28,30-34H,4-13,29H2,1-3H3/t14-,15+,16-,18+,19+,20+,21+,22-,23+,24-,25+,26+,27+,28-/m0/s1. The van der Waals surface area contributed by atoms with Crippen LogP contribution in [0.1, 0.15) is 78.6 Å². The van der Waals surface area contributed by atoms with Crippen molar-refractivity contribution < 1.29 is 49.2 Å². The summed E-state index contributed by atoms with van der Waals surface area (Å²) in [5.74, 6) is 0.643. The topological polar surface area (TPSA) is 173 Å². The van der Waals surface area contributed by atoms with Gasteiger partial charge in [-0.05, 0) is 44.9 Å². The van der Waals surface area contributed by atoms with Gasteiger partial charge in [0, 0.05) is 0 Å². The highest BCUT2D eigenvalue weighted by Crippen LogP contribution is 2.36. The first-order valence-corrected chi connectivity index (χ1v) is 15.0. The summed E-state index contributed by atoms with van der Waals surface area (Å²) in [6.45, 7) is 5.22. The molecule has 0 aromatic rings. The fourth-order valence-corrected chi connectivity index (χ4v) is 6.75. The van der Waals surface area contributed by atoms with Crippen molar-refractivity contribution in [2.24, 2.45) is 17.6 Å². The van der Waals surface area contributed by atoms with E-state index >= 15 is 0 Å². The number of nitrogens with two attached hydrogens (primary N) is 1. The van der Waals surface area contributed by atoms with Gasteiger partial charge in [0.25, 0.3) is 0 Å². The van der Waals surface area contributed by atoms with Gasteiger partial charge in [0.05, 0.1) is 37.1 Å². The van der Waals surface area contributed by atoms with Gasteiger partial charge in [0.2, 0.25) is 0 Å². The molecule has 0 bridgehead atoms. The average Bonchev–Trinajstić information content (AvgIpc) is 2.92. The second-order valence-corrected chi connectivity index (χ2v) is 12.3. The van der Waals surface area contributed by atoms with Crippen LogP contribution >= 0.6 is 0 Å². The van der Waals surface area contributed by atoms with E-state index in [0.717, 1.165) is 19.3 Å². The first kappa shape index (κ1) is 31.5. The predicted molar refractivity (Wildman–Crippen MR) is 140 cm³/mol. The van der Waals surface area contributed by atoms with Gasteiger partial charge < -0.3 is 55.0 Å². The van der Waals surface area contributed by atoms with Crippen molar-refractivity contribution in [1.82, 2.24) is 0 Å². The van der Waals surface area contributed by atoms with Crippen LogP contribution in [-0.4, -0.2) is 112 Å². The monoisotopic (exact) mass is 561 g/mol. The van der Waals surface area contributed by atoms with E-state index in [-0.39, 0.29) is 12.0 Å². The van der Waals surface area contributed by atoms with Crippen molar-refractivity contribution in [2.45, 2.75) is 158 Å². The van der Waals surface area contributed by atoms with Gasteiger partial charge in [-0.3, -0.25) is 0 Å². The molecule has 0 aromatic heterocycles. The molecule has 11 heteroatoms. The molecular formula is C28H51NO10. The Morgan fingerprint density at radius 3 is 2.21 bits per heavy atom. The van der Waals surface area contributed by atoms with Gasteiger partial charge in [0.15, 0.2) is 12.6 Å². The summed E-state index contributed by atoms with van der Waals surface area (Å²) in [5.41, 5.74) is 6.58. The number of ether oxygens (including phenoxy) is 5. The fraction of sp³-hybridized carbons (Fsp3) is 1.00. The molecule has 4 aliphatic rings. The second-order valence-electron chi connectivity index (χ2n) is 12.3. The smallest absolute Gasteiger partial charge is 0.186 e. The van der Waals surface area contributed by atoms with Crippen molar-refractivity contribution in [1.29, 1.82) is 0 Å². The van der Waals surface area contributed by atoms with Gasteiger partial charge in [-0.15, -0.1) is 0 Å². The predicted octanol–water partition coefficient (Wildman–Crippen LogP) is 0.554. The summed E-state index contributed by atoms with van der Waals surface area (Å²) in [4.78, 5) is 0. The van der Waals surface area contributed by atoms with E-state index in [1.54, 1.807) is 6.92 Å². The van der Waals surface area contributed by atoms with Crippen LogP contribution in [0.2, 0.25) is 0 Å². The van der Waals surface area contributed by atoms with Gasteiger partial charge >= 0.3 is 0 Å². The summed E-state index contributed by atoms with van der Waals surface area (Å²) < 4.78 is 30.5. The highest BCUT2D eigenvalue weighted by molar-refractivity contribution is 4.95. The van der Waals surface area contributed by atoms with E-state index in [4.69, 9.17) is 29.4 Å². The van der Waals surface area contributed by atoms with Crippen molar-refractivity contribution in [3.05, 3.63) is 0 Å². The summed E-state index contributed by atoms with van der Waals surface area (Å²) >= 11 is 0. The number of aliphatic hydroxyl groups is 5. The summed E-state index contributed by atoms with van der Waals surface area (Å²) in [5, 5.41) is 51.7. The molecule has 11 nitrogen and oxygen atoms in total. The zero-order valence-corrected chi connectivity index (χ0v) is 23.6. The molecule has 0 spiro atoms. The highest BCUT2D eigenvalue weighted by Gasteiger charge is 2.49. The van der Waals surface area contributed by atoms with Gasteiger partial charge in [-0.25, -0.2) is 0 Å². The van der Waals surface area contributed by atoms with Crippen LogP contribution in [0.3, 0.4) is 0 Å². The van der Waals surface area contributed by atoms with Crippen LogP contribution in [0.5, 0.6) is 0 Å². The molecule has 14 atom stereocenters. The maximum Gasteiger partial charge on any atom is 0.186 e. The first-order chi connectivity index (χ1) is 18.6. The van der Waals surface area contributed by atoms with Crippen molar-refractivity contribution in [2.75, 3.05) is 6.61 Å². The number of aliphatic hydroxyl groups excluding tert-OH is 5. The maximum absolute atomic E-state index is 10.9. The second kappa shape index (κ2) is 14.2. The maximum atomic E-state index is 10.9. The molecule has 0 unspecified atom stereocenters. The highest BCUT2D eigenvalue weighted by atomic mass is 16.7. The van der Waals surface area contributed by atoms with Gasteiger partial charge in [-0.2, -0.15) is 0 Å². The van der Waals surface area contributed by atoms with Gasteiger partial charge in [0.1, 0.15) is 36.6 Å². The molecule has 0 radical (unpaired) electrons. The molecular weight excluding hydrogens is 510 g/mol. The average molecular weight is 562 g/mol. The molecule has 4 rings (SSSR count). The largest absolute Gasteiger partial charge is 0.394 e. The van der Waals surface area contributed by atoms with Crippen LogP contribution < -0.4 is 5.73 Å². The van der Waals surface area contributed by atoms with E-state index in [9.17, 15) is 25.5 Å².